The molecule has 16 heavy (non-hydrogen) atoms. The lowest BCUT2D eigenvalue weighted by atomic mass is 9.83. The summed E-state index contributed by atoms with van der Waals surface area (Å²) in [6.07, 6.45) is 0.922. The van der Waals surface area contributed by atoms with Crippen molar-refractivity contribution in [3.63, 3.8) is 0 Å². The van der Waals surface area contributed by atoms with Gasteiger partial charge in [0.2, 0.25) is 0 Å². The fourth-order valence-electron chi connectivity index (χ4n) is 1.93. The number of hydrogen-bond acceptors (Lipinski definition) is 3. The van der Waals surface area contributed by atoms with Crippen LogP contribution >= 0.6 is 0 Å². The van der Waals surface area contributed by atoms with Gasteiger partial charge in [-0.1, -0.05) is 20.8 Å². The summed E-state index contributed by atoms with van der Waals surface area (Å²) in [5.41, 5.74) is 6.69. The Labute approximate surface area is 98.2 Å². The summed E-state index contributed by atoms with van der Waals surface area (Å²) in [5, 5.41) is 4.43. The first kappa shape index (κ1) is 13.2. The number of nitrogens with zero attached hydrogens (tertiary/aromatic N) is 2. The molecule has 92 valence electrons. The minimum Gasteiger partial charge on any atom is -0.272 e. The molecule has 0 aliphatic carbocycles. The number of aryl methyl sites for hydroxylation is 2. The molecule has 1 atom stereocenters. The number of aromatic nitrogens is 2. The Hall–Kier alpha value is -0.870. The fourth-order valence-corrected chi connectivity index (χ4v) is 1.93. The summed E-state index contributed by atoms with van der Waals surface area (Å²) < 4.78 is 1.93. The summed E-state index contributed by atoms with van der Waals surface area (Å²) in [6.45, 7) is 10.7. The first-order chi connectivity index (χ1) is 7.27. The van der Waals surface area contributed by atoms with E-state index in [-0.39, 0.29) is 11.5 Å². The largest absolute Gasteiger partial charge is 0.272 e. The molecular weight excluding hydrogens is 200 g/mol. The second kappa shape index (κ2) is 4.55. The van der Waals surface area contributed by atoms with E-state index in [1.807, 2.05) is 11.7 Å². The smallest absolute Gasteiger partial charge is 0.0628 e. The summed E-state index contributed by atoms with van der Waals surface area (Å²) in [7, 11) is 1.98. The molecule has 1 unspecified atom stereocenters. The van der Waals surface area contributed by atoms with E-state index in [4.69, 9.17) is 5.84 Å². The van der Waals surface area contributed by atoms with Crippen LogP contribution in [0.1, 0.15) is 37.7 Å². The minimum absolute atomic E-state index is 0.142. The minimum atomic E-state index is 0.142. The Morgan fingerprint density at radius 2 is 1.94 bits per heavy atom. The fraction of sp³-hybridized carbons (Fsp3) is 0.750. The molecule has 1 heterocycles. The predicted molar refractivity (Wildman–Crippen MR) is 67.0 cm³/mol. The second-order valence-electron chi connectivity index (χ2n) is 5.56. The van der Waals surface area contributed by atoms with Crippen LogP contribution in [0.25, 0.3) is 0 Å². The molecule has 0 spiro atoms. The molecule has 0 saturated carbocycles. The number of nitrogens with one attached hydrogen (secondary N) is 1. The molecule has 0 radical (unpaired) electrons. The SMILES string of the molecule is Cc1nn(C)c(C)c1CC(NN)C(C)(C)C. The summed E-state index contributed by atoms with van der Waals surface area (Å²) in [5.74, 6) is 5.64. The van der Waals surface area contributed by atoms with Crippen LogP contribution in [0.15, 0.2) is 0 Å². The summed E-state index contributed by atoms with van der Waals surface area (Å²) in [6, 6.07) is 0.258. The van der Waals surface area contributed by atoms with Crippen LogP contribution in [0.3, 0.4) is 0 Å². The third-order valence-electron chi connectivity index (χ3n) is 3.31. The van der Waals surface area contributed by atoms with Crippen molar-refractivity contribution in [1.29, 1.82) is 0 Å². The molecule has 0 aliphatic rings. The van der Waals surface area contributed by atoms with E-state index < -0.39 is 0 Å². The van der Waals surface area contributed by atoms with Crippen LogP contribution in [0.2, 0.25) is 0 Å². The lowest BCUT2D eigenvalue weighted by Gasteiger charge is -2.30. The molecular formula is C12H24N4. The maximum atomic E-state index is 5.64. The third-order valence-corrected chi connectivity index (χ3v) is 3.31. The Morgan fingerprint density at radius 3 is 2.25 bits per heavy atom. The van der Waals surface area contributed by atoms with Crippen molar-refractivity contribution in [2.75, 3.05) is 0 Å². The summed E-state index contributed by atoms with van der Waals surface area (Å²) >= 11 is 0. The van der Waals surface area contributed by atoms with Crippen LogP contribution < -0.4 is 11.3 Å². The molecule has 0 aromatic carbocycles. The highest BCUT2D eigenvalue weighted by Gasteiger charge is 2.25. The van der Waals surface area contributed by atoms with Crippen molar-refractivity contribution < 1.29 is 0 Å². The van der Waals surface area contributed by atoms with Crippen molar-refractivity contribution >= 4 is 0 Å². The predicted octanol–water partition coefficient (Wildman–Crippen LogP) is 1.46. The van der Waals surface area contributed by atoms with E-state index in [1.54, 1.807) is 0 Å². The Morgan fingerprint density at radius 1 is 1.38 bits per heavy atom. The van der Waals surface area contributed by atoms with Crippen molar-refractivity contribution in [3.05, 3.63) is 17.0 Å². The molecule has 4 nitrogen and oxygen atoms in total. The van der Waals surface area contributed by atoms with Crippen LogP contribution in [0, 0.1) is 19.3 Å². The average molecular weight is 224 g/mol. The van der Waals surface area contributed by atoms with E-state index >= 15 is 0 Å². The van der Waals surface area contributed by atoms with Crippen LogP contribution in [0.5, 0.6) is 0 Å². The Kier molecular flexibility index (Phi) is 3.76. The van der Waals surface area contributed by atoms with Crippen molar-refractivity contribution in [2.24, 2.45) is 18.3 Å². The van der Waals surface area contributed by atoms with Gasteiger partial charge >= 0.3 is 0 Å². The van der Waals surface area contributed by atoms with Gasteiger partial charge in [-0.05, 0) is 31.2 Å². The number of hydrazine groups is 1. The maximum absolute atomic E-state index is 5.64. The number of rotatable bonds is 3. The summed E-state index contributed by atoms with van der Waals surface area (Å²) in [4.78, 5) is 0. The first-order valence-corrected chi connectivity index (χ1v) is 5.72. The number of nitrogens with two attached hydrogens (primary N) is 1. The van der Waals surface area contributed by atoms with Gasteiger partial charge in [-0.3, -0.25) is 16.0 Å². The molecule has 0 bridgehead atoms. The van der Waals surface area contributed by atoms with Gasteiger partial charge in [-0.2, -0.15) is 5.10 Å². The third kappa shape index (κ3) is 2.62. The highest BCUT2D eigenvalue weighted by molar-refractivity contribution is 5.25. The van der Waals surface area contributed by atoms with E-state index in [2.05, 4.69) is 45.1 Å². The monoisotopic (exact) mass is 224 g/mol. The van der Waals surface area contributed by atoms with E-state index in [0.717, 1.165) is 12.1 Å². The average Bonchev–Trinajstić information content (AvgIpc) is 2.37. The van der Waals surface area contributed by atoms with Gasteiger partial charge in [0.15, 0.2) is 0 Å². The highest BCUT2D eigenvalue weighted by atomic mass is 15.3. The highest BCUT2D eigenvalue weighted by Crippen LogP contribution is 2.24. The molecule has 1 aromatic heterocycles. The quantitative estimate of drug-likeness (QED) is 0.603. The molecule has 1 rings (SSSR count). The first-order valence-electron chi connectivity index (χ1n) is 5.72. The molecule has 4 heteroatoms. The molecule has 0 amide bonds. The van der Waals surface area contributed by atoms with Gasteiger partial charge in [0.05, 0.1) is 5.69 Å². The standard InChI is InChI=1S/C12H24N4/c1-8-10(9(2)16(6)15-8)7-11(14-13)12(3,4)5/h11,14H,7,13H2,1-6H3. The van der Waals surface area contributed by atoms with Gasteiger partial charge in [0.1, 0.15) is 0 Å². The van der Waals surface area contributed by atoms with Gasteiger partial charge in [-0.25, -0.2) is 0 Å². The van der Waals surface area contributed by atoms with Gasteiger partial charge < -0.3 is 0 Å². The Bertz CT molecular complexity index is 360. The molecule has 0 aliphatic heterocycles. The zero-order chi connectivity index (χ0) is 12.5. The molecule has 0 fully saturated rings. The lowest BCUT2D eigenvalue weighted by Crippen LogP contribution is -2.46. The zero-order valence-corrected chi connectivity index (χ0v) is 11.3. The van der Waals surface area contributed by atoms with Crippen LogP contribution in [-0.4, -0.2) is 15.8 Å². The van der Waals surface area contributed by atoms with Gasteiger partial charge in [-0.15, -0.1) is 0 Å². The van der Waals surface area contributed by atoms with E-state index in [9.17, 15) is 0 Å². The topological polar surface area (TPSA) is 55.9 Å². The molecule has 1 aromatic rings. The van der Waals surface area contributed by atoms with E-state index in [0.29, 0.717) is 0 Å². The van der Waals surface area contributed by atoms with Gasteiger partial charge in [0, 0.05) is 18.8 Å². The van der Waals surface area contributed by atoms with Crippen LogP contribution in [-0.2, 0) is 13.5 Å². The second-order valence-corrected chi connectivity index (χ2v) is 5.56. The normalized spacial score (nSPS) is 14.2. The van der Waals surface area contributed by atoms with Gasteiger partial charge in [0.25, 0.3) is 0 Å². The zero-order valence-electron chi connectivity index (χ0n) is 11.3. The van der Waals surface area contributed by atoms with Crippen molar-refractivity contribution in [3.8, 4) is 0 Å². The Balaban J connectivity index is 2.95. The number of hydrogen-bond donors (Lipinski definition) is 2. The molecule has 3 N–H and O–H groups in total. The van der Waals surface area contributed by atoms with Crippen molar-refractivity contribution in [1.82, 2.24) is 15.2 Å². The lowest BCUT2D eigenvalue weighted by molar-refractivity contribution is 0.268. The van der Waals surface area contributed by atoms with Crippen molar-refractivity contribution in [2.45, 2.75) is 47.1 Å². The van der Waals surface area contributed by atoms with Crippen LogP contribution in [0.4, 0.5) is 0 Å². The molecule has 0 saturated heterocycles. The van der Waals surface area contributed by atoms with E-state index in [1.165, 1.54) is 11.3 Å². The maximum Gasteiger partial charge on any atom is 0.0628 e.